The Morgan fingerprint density at radius 1 is 1.14 bits per heavy atom. The maximum atomic E-state index is 13.0. The molecule has 2 aromatic rings. The standard InChI is InChI=1S/C29H42ClN7O4S2/c1-20(2)27-34-23(18-42-27)16-37(3)28(39)36-25(11-13-33-30)26(38)32-12-7-10-22(14-21-8-5-4-6-9-21)35-29(40)41-17-24-15-31-19-43-24/h4-6,8-9,15,19-20,22-23,25,33H,7,10-14,16-18H2,1-3H3,(H,32,38)(H,35,40)(H,36,39)/t22-,23?,25-/m0/s1. The van der Waals surface area contributed by atoms with Gasteiger partial charge in [-0.05, 0) is 43.0 Å². The number of likely N-dealkylation sites (N-methyl/N-ethyl adjacent to an activating group) is 1. The number of thioether (sulfide) groups is 1. The van der Waals surface area contributed by atoms with Gasteiger partial charge in [0.1, 0.15) is 12.6 Å². The van der Waals surface area contributed by atoms with Crippen molar-refractivity contribution in [3.63, 3.8) is 0 Å². The number of halogens is 1. The molecule has 3 atom stereocenters. The number of carbonyl (C=O) groups is 3. The molecule has 11 nitrogen and oxygen atoms in total. The highest BCUT2D eigenvalue weighted by Crippen LogP contribution is 2.23. The molecule has 14 heteroatoms. The zero-order chi connectivity index (χ0) is 31.0. The Hall–Kier alpha value is -2.87. The van der Waals surface area contributed by atoms with Crippen LogP contribution in [0.4, 0.5) is 9.59 Å². The molecule has 0 fully saturated rings. The Balaban J connectivity index is 1.47. The van der Waals surface area contributed by atoms with Crippen LogP contribution < -0.4 is 20.8 Å². The van der Waals surface area contributed by atoms with Gasteiger partial charge in [0.05, 0.1) is 21.5 Å². The minimum Gasteiger partial charge on any atom is -0.444 e. The second-order valence-corrected chi connectivity index (χ2v) is 12.9. The summed E-state index contributed by atoms with van der Waals surface area (Å²) < 4.78 is 5.36. The number of nitrogens with one attached hydrogen (secondary N) is 4. The number of carbonyl (C=O) groups excluding carboxylic acids is 3. The summed E-state index contributed by atoms with van der Waals surface area (Å²) in [6.07, 6.45) is 3.35. The molecule has 0 bridgehead atoms. The van der Waals surface area contributed by atoms with E-state index < -0.39 is 12.1 Å². The second kappa shape index (κ2) is 18.7. The summed E-state index contributed by atoms with van der Waals surface area (Å²) in [5, 5.41) is 9.83. The molecule has 0 radical (unpaired) electrons. The maximum Gasteiger partial charge on any atom is 0.407 e. The van der Waals surface area contributed by atoms with E-state index in [1.165, 1.54) is 11.3 Å². The van der Waals surface area contributed by atoms with Crippen molar-refractivity contribution in [3.8, 4) is 0 Å². The number of thiazole rings is 1. The highest BCUT2D eigenvalue weighted by Gasteiger charge is 2.26. The number of urea groups is 1. The molecule has 1 aliphatic rings. The van der Waals surface area contributed by atoms with E-state index in [0.717, 1.165) is 21.2 Å². The largest absolute Gasteiger partial charge is 0.444 e. The first-order valence-corrected chi connectivity index (χ1v) is 16.7. The Morgan fingerprint density at radius 3 is 2.60 bits per heavy atom. The van der Waals surface area contributed by atoms with E-state index in [9.17, 15) is 14.4 Å². The summed E-state index contributed by atoms with van der Waals surface area (Å²) in [5.74, 6) is 0.925. The summed E-state index contributed by atoms with van der Waals surface area (Å²) >= 11 is 8.81. The van der Waals surface area contributed by atoms with Crippen molar-refractivity contribution >= 4 is 58.0 Å². The van der Waals surface area contributed by atoms with E-state index in [2.05, 4.69) is 39.6 Å². The SMILES string of the molecule is CC(C)C1=NC(CN(C)C(=O)N[C@@H](CCNCl)C(=O)NCCC[C@@H](Cc2ccccc2)NC(=O)OCc2cncs2)CS1. The first kappa shape index (κ1) is 34.6. The number of nitrogens with zero attached hydrogens (tertiary/aromatic N) is 3. The van der Waals surface area contributed by atoms with Gasteiger partial charge < -0.3 is 25.6 Å². The summed E-state index contributed by atoms with van der Waals surface area (Å²) in [7, 11) is 1.71. The predicted octanol–water partition coefficient (Wildman–Crippen LogP) is 4.19. The first-order valence-electron chi connectivity index (χ1n) is 14.4. The van der Waals surface area contributed by atoms with Crippen LogP contribution in [0, 0.1) is 5.92 Å². The first-order chi connectivity index (χ1) is 20.7. The summed E-state index contributed by atoms with van der Waals surface area (Å²) in [4.78, 5) is 52.1. The van der Waals surface area contributed by atoms with Gasteiger partial charge >= 0.3 is 12.1 Å². The lowest BCUT2D eigenvalue weighted by atomic mass is 10.0. The monoisotopic (exact) mass is 651 g/mol. The fraction of sp³-hybridized carbons (Fsp3) is 0.552. The lowest BCUT2D eigenvalue weighted by molar-refractivity contribution is -0.123. The zero-order valence-electron chi connectivity index (χ0n) is 24.9. The lowest BCUT2D eigenvalue weighted by Crippen LogP contribution is -2.52. The van der Waals surface area contributed by atoms with E-state index in [1.807, 2.05) is 30.3 Å². The average Bonchev–Trinajstić information content (AvgIpc) is 3.69. The molecule has 4 amide bonds. The highest BCUT2D eigenvalue weighted by molar-refractivity contribution is 8.14. The fourth-order valence-corrected chi connectivity index (χ4v) is 6.15. The van der Waals surface area contributed by atoms with Gasteiger partial charge in [-0.15, -0.1) is 23.1 Å². The topological polar surface area (TPSA) is 137 Å². The van der Waals surface area contributed by atoms with Crippen molar-refractivity contribution in [1.82, 2.24) is 30.7 Å². The number of rotatable bonds is 17. The smallest absolute Gasteiger partial charge is 0.407 e. The number of aromatic nitrogens is 1. The normalized spacial score (nSPS) is 15.8. The molecule has 0 saturated heterocycles. The molecule has 236 valence electrons. The van der Waals surface area contributed by atoms with E-state index in [0.29, 0.717) is 51.2 Å². The van der Waals surface area contributed by atoms with Crippen LogP contribution in [-0.2, 0) is 22.6 Å². The third-order valence-corrected chi connectivity index (χ3v) is 9.07. The van der Waals surface area contributed by atoms with E-state index >= 15 is 0 Å². The van der Waals surface area contributed by atoms with Crippen LogP contribution in [0.15, 0.2) is 47.0 Å². The molecule has 1 aromatic heterocycles. The summed E-state index contributed by atoms with van der Waals surface area (Å²) in [6, 6.07) is 8.64. The minimum absolute atomic E-state index is 0.0392. The summed E-state index contributed by atoms with van der Waals surface area (Å²) in [6.45, 7) is 5.58. The number of alkyl carbamates (subject to hydrolysis) is 1. The number of hydrogen-bond donors (Lipinski definition) is 4. The van der Waals surface area contributed by atoms with Crippen molar-refractivity contribution in [2.24, 2.45) is 10.9 Å². The van der Waals surface area contributed by atoms with Gasteiger partial charge in [-0.2, -0.15) is 0 Å². The van der Waals surface area contributed by atoms with Gasteiger partial charge in [0.2, 0.25) is 5.91 Å². The fourth-order valence-electron chi connectivity index (χ4n) is 4.44. The Morgan fingerprint density at radius 2 is 1.93 bits per heavy atom. The van der Waals surface area contributed by atoms with Crippen molar-refractivity contribution < 1.29 is 19.1 Å². The molecule has 0 spiro atoms. The molecule has 1 unspecified atom stereocenters. The molecule has 1 aromatic carbocycles. The van der Waals surface area contributed by atoms with Gasteiger partial charge in [0.25, 0.3) is 0 Å². The van der Waals surface area contributed by atoms with E-state index in [1.54, 1.807) is 35.4 Å². The lowest BCUT2D eigenvalue weighted by Gasteiger charge is -2.24. The van der Waals surface area contributed by atoms with Gasteiger partial charge in [0, 0.05) is 50.6 Å². The van der Waals surface area contributed by atoms with Gasteiger partial charge in [-0.3, -0.25) is 14.8 Å². The minimum atomic E-state index is -0.756. The van der Waals surface area contributed by atoms with Crippen LogP contribution in [0.3, 0.4) is 0 Å². The van der Waals surface area contributed by atoms with Crippen LogP contribution in [0.2, 0.25) is 0 Å². The summed E-state index contributed by atoms with van der Waals surface area (Å²) in [5.41, 5.74) is 2.78. The van der Waals surface area contributed by atoms with Crippen molar-refractivity contribution in [2.75, 3.05) is 32.4 Å². The van der Waals surface area contributed by atoms with Crippen LogP contribution in [0.1, 0.15) is 43.6 Å². The van der Waals surface area contributed by atoms with Gasteiger partial charge in [0.15, 0.2) is 0 Å². The molecular weight excluding hydrogens is 610 g/mol. The van der Waals surface area contributed by atoms with Crippen LogP contribution in [0.5, 0.6) is 0 Å². The molecule has 3 rings (SSSR count). The molecular formula is C29H42ClN7O4S2. The Labute approximate surface area is 267 Å². The molecule has 43 heavy (non-hydrogen) atoms. The highest BCUT2D eigenvalue weighted by atomic mass is 35.5. The Kier molecular flexibility index (Phi) is 15.1. The van der Waals surface area contributed by atoms with Crippen molar-refractivity contribution in [1.29, 1.82) is 0 Å². The van der Waals surface area contributed by atoms with E-state index in [-0.39, 0.29) is 30.6 Å². The molecule has 0 aliphatic carbocycles. The molecule has 1 aliphatic heterocycles. The maximum absolute atomic E-state index is 13.0. The third kappa shape index (κ3) is 12.7. The van der Waals surface area contributed by atoms with Gasteiger partial charge in [-0.1, -0.05) is 44.2 Å². The third-order valence-electron chi connectivity index (χ3n) is 6.70. The Bertz CT molecular complexity index is 1170. The van der Waals surface area contributed by atoms with Crippen molar-refractivity contribution in [2.45, 2.75) is 64.3 Å². The predicted molar refractivity (Wildman–Crippen MR) is 174 cm³/mol. The number of aliphatic imine (C=N–C) groups is 1. The molecule has 4 N–H and O–H groups in total. The number of amides is 4. The number of hydrogen-bond acceptors (Lipinski definition) is 9. The van der Waals surface area contributed by atoms with Crippen molar-refractivity contribution in [3.05, 3.63) is 52.5 Å². The molecule has 2 heterocycles. The number of ether oxygens (including phenoxy) is 1. The van der Waals surface area contributed by atoms with Crippen LogP contribution in [-0.4, -0.2) is 83.5 Å². The average molecular weight is 652 g/mol. The van der Waals surface area contributed by atoms with Crippen LogP contribution in [0.25, 0.3) is 0 Å². The quantitative estimate of drug-likeness (QED) is 0.149. The molecule has 0 saturated carbocycles. The number of benzene rings is 1. The van der Waals surface area contributed by atoms with Gasteiger partial charge in [-0.25, -0.2) is 14.4 Å². The van der Waals surface area contributed by atoms with Crippen LogP contribution >= 0.6 is 34.9 Å². The second-order valence-electron chi connectivity index (χ2n) is 10.6. The van der Waals surface area contributed by atoms with E-state index in [4.69, 9.17) is 21.5 Å². The zero-order valence-corrected chi connectivity index (χ0v) is 27.3.